The summed E-state index contributed by atoms with van der Waals surface area (Å²) in [6.07, 6.45) is 2.33. The van der Waals surface area contributed by atoms with Crippen LogP contribution in [0.25, 0.3) is 11.0 Å². The first-order valence-electron chi connectivity index (χ1n) is 5.84. The van der Waals surface area contributed by atoms with Gasteiger partial charge < -0.3 is 21.1 Å². The topological polar surface area (TPSA) is 84.2 Å². The van der Waals surface area contributed by atoms with Crippen LogP contribution in [-0.2, 0) is 0 Å². The summed E-state index contributed by atoms with van der Waals surface area (Å²) in [5.41, 5.74) is 2.12. The molecule has 116 valence electrons. The first-order chi connectivity index (χ1) is 7.92. The zero-order valence-electron chi connectivity index (χ0n) is 10.9. The fourth-order valence-corrected chi connectivity index (χ4v) is 2.18. The maximum Gasteiger partial charge on any atom is 0.201 e. The lowest BCUT2D eigenvalue weighted by atomic mass is 10.1. The Hall–Kier alpha value is -0.720. The molecule has 0 radical (unpaired) electrons. The van der Waals surface area contributed by atoms with Crippen molar-refractivity contribution in [1.82, 2.24) is 15.3 Å². The summed E-state index contributed by atoms with van der Waals surface area (Å²) in [7, 11) is 0. The number of para-hydroxylation sites is 2. The lowest BCUT2D eigenvalue weighted by Gasteiger charge is -2.23. The van der Waals surface area contributed by atoms with Crippen molar-refractivity contribution in [3.63, 3.8) is 0 Å². The molecule has 1 aromatic heterocycles. The van der Waals surface area contributed by atoms with Crippen molar-refractivity contribution in [2.75, 3.05) is 18.4 Å². The van der Waals surface area contributed by atoms with Gasteiger partial charge in [0, 0.05) is 6.04 Å². The number of aromatic nitrogens is 2. The molecule has 1 saturated heterocycles. The molecule has 8 heteroatoms. The molecule has 1 fully saturated rings. The molecule has 0 atom stereocenters. The number of piperidine rings is 1. The van der Waals surface area contributed by atoms with E-state index in [1.165, 1.54) is 0 Å². The van der Waals surface area contributed by atoms with E-state index >= 15 is 0 Å². The van der Waals surface area contributed by atoms with Gasteiger partial charge in [0.15, 0.2) is 0 Å². The standard InChI is InChI=1S/C12H16N4.3ClH.H2O/c1-2-4-11-10(3-1)15-12(16-11)14-9-5-7-13-8-6-9;;;;/h1-4,9,13H,5-8H2,(H2,14,15,16);3*1H;1H2. The van der Waals surface area contributed by atoms with Crippen LogP contribution in [0.4, 0.5) is 5.95 Å². The quantitative estimate of drug-likeness (QED) is 0.781. The number of aromatic amines is 1. The summed E-state index contributed by atoms with van der Waals surface area (Å²) in [5.74, 6) is 0.896. The third kappa shape index (κ3) is 5.00. The Bertz CT molecular complexity index is 455. The molecular formula is C12H21Cl3N4O. The first-order valence-corrected chi connectivity index (χ1v) is 5.84. The molecule has 0 spiro atoms. The molecule has 5 nitrogen and oxygen atoms in total. The van der Waals surface area contributed by atoms with Crippen molar-refractivity contribution < 1.29 is 5.48 Å². The summed E-state index contributed by atoms with van der Waals surface area (Å²) in [6.45, 7) is 2.19. The second kappa shape index (κ2) is 10.1. The lowest BCUT2D eigenvalue weighted by Crippen LogP contribution is -2.35. The van der Waals surface area contributed by atoms with E-state index in [0.29, 0.717) is 6.04 Å². The zero-order valence-corrected chi connectivity index (χ0v) is 13.3. The van der Waals surface area contributed by atoms with Crippen LogP contribution in [0.5, 0.6) is 0 Å². The van der Waals surface area contributed by atoms with Crippen LogP contribution >= 0.6 is 37.2 Å². The number of rotatable bonds is 2. The second-order valence-electron chi connectivity index (χ2n) is 4.27. The molecule has 0 amide bonds. The Morgan fingerprint density at radius 3 is 2.35 bits per heavy atom. The Morgan fingerprint density at radius 2 is 1.70 bits per heavy atom. The molecule has 1 aromatic carbocycles. The van der Waals surface area contributed by atoms with E-state index in [1.54, 1.807) is 0 Å². The summed E-state index contributed by atoms with van der Waals surface area (Å²) < 4.78 is 0. The Kier molecular flexibility index (Phi) is 10.9. The van der Waals surface area contributed by atoms with Crippen molar-refractivity contribution in [3.8, 4) is 0 Å². The van der Waals surface area contributed by atoms with E-state index in [2.05, 4.69) is 26.7 Å². The van der Waals surface area contributed by atoms with Crippen LogP contribution in [0.15, 0.2) is 24.3 Å². The SMILES string of the molecule is Cl.Cl.Cl.O.c1ccc2[nH]c(NC3CCNCC3)nc2c1. The van der Waals surface area contributed by atoms with Gasteiger partial charge in [-0.2, -0.15) is 0 Å². The van der Waals surface area contributed by atoms with Crippen LogP contribution in [0, 0.1) is 0 Å². The number of nitrogens with zero attached hydrogens (tertiary/aromatic N) is 1. The van der Waals surface area contributed by atoms with Gasteiger partial charge in [-0.05, 0) is 38.1 Å². The smallest absolute Gasteiger partial charge is 0.201 e. The number of imidazole rings is 1. The van der Waals surface area contributed by atoms with Gasteiger partial charge in [0.2, 0.25) is 5.95 Å². The van der Waals surface area contributed by atoms with Gasteiger partial charge in [-0.15, -0.1) is 37.2 Å². The molecule has 0 bridgehead atoms. The minimum atomic E-state index is 0. The molecule has 0 unspecified atom stereocenters. The van der Waals surface area contributed by atoms with Crippen molar-refractivity contribution in [3.05, 3.63) is 24.3 Å². The average Bonchev–Trinajstić information content (AvgIpc) is 2.72. The first kappa shape index (κ1) is 21.6. The normalized spacial score (nSPS) is 14.2. The van der Waals surface area contributed by atoms with Crippen molar-refractivity contribution >= 4 is 54.2 Å². The maximum absolute atomic E-state index is 4.52. The van der Waals surface area contributed by atoms with Gasteiger partial charge in [-0.25, -0.2) is 4.98 Å². The van der Waals surface area contributed by atoms with Crippen molar-refractivity contribution in [2.24, 2.45) is 0 Å². The van der Waals surface area contributed by atoms with Gasteiger partial charge in [0.25, 0.3) is 0 Å². The van der Waals surface area contributed by atoms with E-state index < -0.39 is 0 Å². The zero-order chi connectivity index (χ0) is 10.8. The predicted molar refractivity (Wildman–Crippen MR) is 91.0 cm³/mol. The number of halogens is 3. The van der Waals surface area contributed by atoms with Crippen LogP contribution in [0.1, 0.15) is 12.8 Å². The third-order valence-electron chi connectivity index (χ3n) is 3.07. The minimum absolute atomic E-state index is 0. The third-order valence-corrected chi connectivity index (χ3v) is 3.07. The molecule has 0 aliphatic carbocycles. The van der Waals surface area contributed by atoms with E-state index in [9.17, 15) is 0 Å². The van der Waals surface area contributed by atoms with Gasteiger partial charge >= 0.3 is 0 Å². The van der Waals surface area contributed by atoms with Gasteiger partial charge in [0.05, 0.1) is 11.0 Å². The fourth-order valence-electron chi connectivity index (χ4n) is 2.18. The predicted octanol–water partition coefficient (Wildman–Crippen LogP) is 2.17. The molecule has 3 rings (SSSR count). The number of H-pyrrole nitrogens is 1. The highest BCUT2D eigenvalue weighted by Gasteiger charge is 2.13. The molecular weight excluding hydrogens is 323 g/mol. The summed E-state index contributed by atoms with van der Waals surface area (Å²) in [5, 5.41) is 6.82. The summed E-state index contributed by atoms with van der Waals surface area (Å²) in [4.78, 5) is 7.82. The van der Waals surface area contributed by atoms with Crippen LogP contribution in [-0.4, -0.2) is 34.6 Å². The Balaban J connectivity index is 0. The lowest BCUT2D eigenvalue weighted by molar-refractivity contribution is 0.477. The largest absolute Gasteiger partial charge is 0.412 e. The monoisotopic (exact) mass is 342 g/mol. The van der Waals surface area contributed by atoms with E-state index in [-0.39, 0.29) is 42.7 Å². The molecule has 0 saturated carbocycles. The minimum Gasteiger partial charge on any atom is -0.412 e. The van der Waals surface area contributed by atoms with E-state index in [0.717, 1.165) is 42.9 Å². The highest BCUT2D eigenvalue weighted by Crippen LogP contribution is 2.15. The van der Waals surface area contributed by atoms with E-state index in [4.69, 9.17) is 0 Å². The molecule has 2 aromatic rings. The Morgan fingerprint density at radius 1 is 1.05 bits per heavy atom. The number of hydrogen-bond acceptors (Lipinski definition) is 3. The van der Waals surface area contributed by atoms with Gasteiger partial charge in [-0.3, -0.25) is 0 Å². The average molecular weight is 344 g/mol. The van der Waals surface area contributed by atoms with Crippen LogP contribution in [0.2, 0.25) is 0 Å². The van der Waals surface area contributed by atoms with Gasteiger partial charge in [0.1, 0.15) is 0 Å². The number of benzene rings is 1. The number of nitrogens with one attached hydrogen (secondary N) is 3. The fraction of sp³-hybridized carbons (Fsp3) is 0.417. The summed E-state index contributed by atoms with van der Waals surface area (Å²) >= 11 is 0. The second-order valence-corrected chi connectivity index (χ2v) is 4.27. The maximum atomic E-state index is 4.52. The molecule has 2 heterocycles. The number of hydrogen-bond donors (Lipinski definition) is 3. The van der Waals surface area contributed by atoms with Crippen molar-refractivity contribution in [1.29, 1.82) is 0 Å². The molecule has 5 N–H and O–H groups in total. The van der Waals surface area contributed by atoms with E-state index in [1.807, 2.05) is 18.2 Å². The van der Waals surface area contributed by atoms with Crippen molar-refractivity contribution in [2.45, 2.75) is 18.9 Å². The van der Waals surface area contributed by atoms with Crippen LogP contribution in [0.3, 0.4) is 0 Å². The molecule has 1 aliphatic heterocycles. The molecule has 20 heavy (non-hydrogen) atoms. The van der Waals surface area contributed by atoms with Crippen LogP contribution < -0.4 is 10.6 Å². The highest BCUT2D eigenvalue weighted by atomic mass is 35.5. The highest BCUT2D eigenvalue weighted by molar-refractivity contribution is 5.86. The Labute approximate surface area is 136 Å². The van der Waals surface area contributed by atoms with Gasteiger partial charge in [-0.1, -0.05) is 12.1 Å². The molecule has 1 aliphatic rings. The summed E-state index contributed by atoms with van der Waals surface area (Å²) in [6, 6.07) is 8.66. The number of anilines is 1. The number of fused-ring (bicyclic) bond motifs is 1.